The molecule has 0 bridgehead atoms. The molecule has 2 aromatic heterocycles. The van der Waals surface area contributed by atoms with Gasteiger partial charge in [-0.25, -0.2) is 4.79 Å². The van der Waals surface area contributed by atoms with Gasteiger partial charge in [-0.1, -0.05) is 34.1 Å². The number of hydrogen-bond acceptors (Lipinski definition) is 5. The van der Waals surface area contributed by atoms with Gasteiger partial charge in [0, 0.05) is 16.2 Å². The van der Waals surface area contributed by atoms with Crippen molar-refractivity contribution in [1.29, 1.82) is 5.26 Å². The molecule has 7 heteroatoms. The number of aromatic nitrogens is 1. The number of carbonyl (C=O) groups is 2. The van der Waals surface area contributed by atoms with E-state index in [9.17, 15) is 14.9 Å². The van der Waals surface area contributed by atoms with Gasteiger partial charge in [0.25, 0.3) is 0 Å². The van der Waals surface area contributed by atoms with Gasteiger partial charge in [-0.3, -0.25) is 4.79 Å². The lowest BCUT2D eigenvalue weighted by Gasteiger charge is -2.06. The van der Waals surface area contributed by atoms with Gasteiger partial charge in [-0.15, -0.1) is 11.8 Å². The Morgan fingerprint density at radius 2 is 1.96 bits per heavy atom. The lowest BCUT2D eigenvalue weighted by atomic mass is 10.2. The summed E-state index contributed by atoms with van der Waals surface area (Å²) in [5, 5.41) is 9.64. The molecule has 0 aliphatic rings. The summed E-state index contributed by atoms with van der Waals surface area (Å²) >= 11 is 4.52. The van der Waals surface area contributed by atoms with E-state index in [0.29, 0.717) is 21.5 Å². The SMILES string of the molecule is CCOC(=O)c1c(SCC(=O)c2ccc(Br)cc2)c(C#N)c2ccccn12. The summed E-state index contributed by atoms with van der Waals surface area (Å²) in [6, 6.07) is 14.6. The van der Waals surface area contributed by atoms with Crippen LogP contribution in [-0.4, -0.2) is 28.5 Å². The molecule has 136 valence electrons. The first-order valence-electron chi connectivity index (χ1n) is 8.18. The molecule has 0 spiro atoms. The summed E-state index contributed by atoms with van der Waals surface area (Å²) in [6.07, 6.45) is 1.71. The molecule has 0 saturated heterocycles. The van der Waals surface area contributed by atoms with E-state index in [1.165, 1.54) is 11.8 Å². The van der Waals surface area contributed by atoms with E-state index in [2.05, 4.69) is 22.0 Å². The van der Waals surface area contributed by atoms with Crippen LogP contribution in [0.25, 0.3) is 5.52 Å². The maximum absolute atomic E-state index is 12.5. The minimum atomic E-state index is -0.515. The summed E-state index contributed by atoms with van der Waals surface area (Å²) in [7, 11) is 0. The number of thioether (sulfide) groups is 1. The van der Waals surface area contributed by atoms with Crippen LogP contribution < -0.4 is 0 Å². The fraction of sp³-hybridized carbons (Fsp3) is 0.150. The third-order valence-corrected chi connectivity index (χ3v) is 5.51. The van der Waals surface area contributed by atoms with Gasteiger partial charge in [0.15, 0.2) is 5.78 Å². The van der Waals surface area contributed by atoms with E-state index in [1.807, 2.05) is 0 Å². The fourth-order valence-electron chi connectivity index (χ4n) is 2.68. The molecular formula is C20H15BrN2O3S. The highest BCUT2D eigenvalue weighted by Crippen LogP contribution is 2.33. The van der Waals surface area contributed by atoms with Crippen LogP contribution in [-0.2, 0) is 4.74 Å². The van der Waals surface area contributed by atoms with Crippen molar-refractivity contribution in [3.8, 4) is 6.07 Å². The number of benzene rings is 1. The van der Waals surface area contributed by atoms with Crippen molar-refractivity contribution < 1.29 is 14.3 Å². The summed E-state index contributed by atoms with van der Waals surface area (Å²) in [6.45, 7) is 1.95. The Bertz CT molecular complexity index is 1050. The normalized spacial score (nSPS) is 10.6. The Labute approximate surface area is 169 Å². The number of halogens is 1. The molecule has 5 nitrogen and oxygen atoms in total. The quantitative estimate of drug-likeness (QED) is 0.313. The monoisotopic (exact) mass is 442 g/mol. The van der Waals surface area contributed by atoms with Crippen molar-refractivity contribution in [2.75, 3.05) is 12.4 Å². The Morgan fingerprint density at radius 1 is 1.22 bits per heavy atom. The van der Waals surface area contributed by atoms with E-state index < -0.39 is 5.97 Å². The number of pyridine rings is 1. The first kappa shape index (κ1) is 19.2. The van der Waals surface area contributed by atoms with Crippen LogP contribution in [0.2, 0.25) is 0 Å². The molecule has 1 aromatic carbocycles. The number of nitriles is 1. The van der Waals surface area contributed by atoms with Crippen LogP contribution in [0.4, 0.5) is 0 Å². The summed E-state index contributed by atoms with van der Waals surface area (Å²) < 4.78 is 7.70. The van der Waals surface area contributed by atoms with Gasteiger partial charge in [-0.05, 0) is 31.2 Å². The molecular weight excluding hydrogens is 428 g/mol. The second-order valence-corrected chi connectivity index (χ2v) is 7.46. The second-order valence-electron chi connectivity index (χ2n) is 5.56. The molecule has 0 amide bonds. The molecule has 0 aliphatic carbocycles. The Hall–Kier alpha value is -2.56. The first-order valence-corrected chi connectivity index (χ1v) is 9.96. The van der Waals surface area contributed by atoms with Crippen molar-refractivity contribution in [3.63, 3.8) is 0 Å². The number of hydrogen-bond donors (Lipinski definition) is 0. The number of esters is 1. The smallest absolute Gasteiger partial charge is 0.356 e. The second kappa shape index (κ2) is 8.42. The molecule has 0 atom stereocenters. The molecule has 0 saturated carbocycles. The van der Waals surface area contributed by atoms with E-state index in [0.717, 1.165) is 4.47 Å². The lowest BCUT2D eigenvalue weighted by molar-refractivity contribution is 0.0514. The van der Waals surface area contributed by atoms with Gasteiger partial charge in [0.05, 0.1) is 28.3 Å². The standard InChI is InChI=1S/C20H15BrN2O3S/c1-2-26-20(25)18-19(15(11-22)16-5-3-4-10-23(16)18)27-12-17(24)13-6-8-14(21)9-7-13/h3-10H,2,12H2,1H3. The maximum Gasteiger partial charge on any atom is 0.356 e. The highest BCUT2D eigenvalue weighted by Gasteiger charge is 2.25. The minimum absolute atomic E-state index is 0.0820. The summed E-state index contributed by atoms with van der Waals surface area (Å²) in [4.78, 5) is 25.5. The molecule has 3 aromatic rings. The first-order chi connectivity index (χ1) is 13.1. The van der Waals surface area contributed by atoms with Crippen LogP contribution >= 0.6 is 27.7 Å². The average molecular weight is 443 g/mol. The maximum atomic E-state index is 12.5. The van der Waals surface area contributed by atoms with Crippen molar-refractivity contribution in [1.82, 2.24) is 4.40 Å². The molecule has 2 heterocycles. The lowest BCUT2D eigenvalue weighted by Crippen LogP contribution is -2.10. The van der Waals surface area contributed by atoms with Crippen LogP contribution in [0.5, 0.6) is 0 Å². The fourth-order valence-corrected chi connectivity index (χ4v) is 4.00. The van der Waals surface area contributed by atoms with Gasteiger partial charge >= 0.3 is 5.97 Å². The van der Waals surface area contributed by atoms with Gasteiger partial charge < -0.3 is 9.14 Å². The number of fused-ring (bicyclic) bond motifs is 1. The number of ether oxygens (including phenoxy) is 1. The third kappa shape index (κ3) is 3.92. The van der Waals surface area contributed by atoms with Gasteiger partial charge in [0.2, 0.25) is 0 Å². The number of rotatable bonds is 6. The zero-order valence-corrected chi connectivity index (χ0v) is 16.8. The highest BCUT2D eigenvalue weighted by molar-refractivity contribution is 9.10. The summed E-state index contributed by atoms with van der Waals surface area (Å²) in [5.41, 5.74) is 1.83. The van der Waals surface area contributed by atoms with E-state index in [4.69, 9.17) is 4.74 Å². The number of carbonyl (C=O) groups excluding carboxylic acids is 2. The largest absolute Gasteiger partial charge is 0.461 e. The van der Waals surface area contributed by atoms with E-state index >= 15 is 0 Å². The zero-order valence-electron chi connectivity index (χ0n) is 14.4. The van der Waals surface area contributed by atoms with Crippen LogP contribution in [0.3, 0.4) is 0 Å². The highest BCUT2D eigenvalue weighted by atomic mass is 79.9. The predicted octanol–water partition coefficient (Wildman–Crippen LogP) is 4.73. The van der Waals surface area contributed by atoms with Crippen molar-refractivity contribution in [2.45, 2.75) is 11.8 Å². The number of nitrogens with zero attached hydrogens (tertiary/aromatic N) is 2. The predicted molar refractivity (Wildman–Crippen MR) is 107 cm³/mol. The van der Waals surface area contributed by atoms with Gasteiger partial charge in [-0.2, -0.15) is 5.26 Å². The topological polar surface area (TPSA) is 71.6 Å². The Balaban J connectivity index is 1.98. The molecule has 0 radical (unpaired) electrons. The Morgan fingerprint density at radius 3 is 2.63 bits per heavy atom. The third-order valence-electron chi connectivity index (χ3n) is 3.89. The average Bonchev–Trinajstić information content (AvgIpc) is 3.00. The number of ketones is 1. The van der Waals surface area contributed by atoms with Crippen molar-refractivity contribution in [2.24, 2.45) is 0 Å². The molecule has 0 unspecified atom stereocenters. The van der Waals surface area contributed by atoms with E-state index in [1.54, 1.807) is 60.0 Å². The zero-order chi connectivity index (χ0) is 19.4. The summed E-state index contributed by atoms with van der Waals surface area (Å²) in [5.74, 6) is -0.486. The van der Waals surface area contributed by atoms with Crippen molar-refractivity contribution in [3.05, 3.63) is 70.0 Å². The van der Waals surface area contributed by atoms with Crippen molar-refractivity contribution >= 4 is 45.0 Å². The molecule has 0 N–H and O–H groups in total. The molecule has 0 aliphatic heterocycles. The molecule has 27 heavy (non-hydrogen) atoms. The van der Waals surface area contributed by atoms with Crippen LogP contribution in [0.15, 0.2) is 58.0 Å². The molecule has 3 rings (SSSR count). The minimum Gasteiger partial charge on any atom is -0.461 e. The van der Waals surface area contributed by atoms with Gasteiger partial charge in [0.1, 0.15) is 11.8 Å². The van der Waals surface area contributed by atoms with E-state index in [-0.39, 0.29) is 23.8 Å². The molecule has 0 fully saturated rings. The van der Waals surface area contributed by atoms with Crippen LogP contribution in [0, 0.1) is 11.3 Å². The number of Topliss-reactive ketones (excluding diaryl/α,β-unsaturated/α-hetero) is 1. The Kier molecular flexibility index (Phi) is 5.99. The van der Waals surface area contributed by atoms with Crippen LogP contribution in [0.1, 0.15) is 33.3 Å².